The van der Waals surface area contributed by atoms with Gasteiger partial charge < -0.3 is 9.29 Å². The quantitative estimate of drug-likeness (QED) is 0.410. The number of hydrogen-bond acceptors (Lipinski definition) is 4. The van der Waals surface area contributed by atoms with Gasteiger partial charge in [-0.2, -0.15) is 0 Å². The summed E-state index contributed by atoms with van der Waals surface area (Å²) in [6.45, 7) is 0. The summed E-state index contributed by atoms with van der Waals surface area (Å²) in [7, 11) is 1.44. The fraction of sp³-hybridized carbons (Fsp3) is 0.200. The van der Waals surface area contributed by atoms with Crippen LogP contribution in [0.2, 0.25) is 0 Å². The van der Waals surface area contributed by atoms with Gasteiger partial charge >= 0.3 is 29.6 Å². The predicted octanol–water partition coefficient (Wildman–Crippen LogP) is -2.00. The van der Waals surface area contributed by atoms with Gasteiger partial charge in [0.05, 0.1) is 7.11 Å². The summed E-state index contributed by atoms with van der Waals surface area (Å²) in [5.41, 5.74) is 0. The van der Waals surface area contributed by atoms with Crippen molar-refractivity contribution in [3.05, 3.63) is 11.4 Å². The van der Waals surface area contributed by atoms with Crippen LogP contribution in [-0.2, 0) is 11.1 Å². The van der Waals surface area contributed by atoms with Gasteiger partial charge in [0.25, 0.3) is 0 Å². The van der Waals surface area contributed by atoms with Crippen LogP contribution in [0.15, 0.2) is 15.7 Å². The van der Waals surface area contributed by atoms with Crippen molar-refractivity contribution in [3.8, 4) is 5.75 Å². The molecule has 0 N–H and O–H groups in total. The molecule has 0 fully saturated rings. The van der Waals surface area contributed by atoms with Gasteiger partial charge in [-0.1, -0.05) is 0 Å². The van der Waals surface area contributed by atoms with Crippen molar-refractivity contribution >= 4 is 22.4 Å². The monoisotopic (exact) mass is 200 g/mol. The molecular weight excluding hydrogens is 195 g/mol. The van der Waals surface area contributed by atoms with E-state index in [1.54, 1.807) is 11.4 Å². The van der Waals surface area contributed by atoms with Crippen LogP contribution in [0.5, 0.6) is 5.75 Å². The second kappa shape index (κ2) is 5.29. The van der Waals surface area contributed by atoms with E-state index in [-0.39, 0.29) is 33.8 Å². The molecule has 1 aromatic rings. The van der Waals surface area contributed by atoms with E-state index in [1.165, 1.54) is 7.11 Å². The van der Waals surface area contributed by atoms with E-state index in [0.717, 1.165) is 11.3 Å². The van der Waals surface area contributed by atoms with E-state index in [1.807, 2.05) is 0 Å². The van der Waals surface area contributed by atoms with E-state index in [0.29, 0.717) is 5.75 Å². The summed E-state index contributed by atoms with van der Waals surface area (Å²) in [4.78, 5) is 0. The Kier molecular flexibility index (Phi) is 5.58. The van der Waals surface area contributed by atoms with Crippen molar-refractivity contribution in [1.29, 1.82) is 0 Å². The summed E-state index contributed by atoms with van der Waals surface area (Å²) < 4.78 is 25.8. The number of methoxy groups -OCH3 is 1. The first-order valence-corrected chi connectivity index (χ1v) is 4.42. The fourth-order valence-corrected chi connectivity index (χ4v) is 1.94. The van der Waals surface area contributed by atoms with Crippen LogP contribution < -0.4 is 34.3 Å². The van der Waals surface area contributed by atoms with Gasteiger partial charge in [0.15, 0.2) is 0 Å². The maximum Gasteiger partial charge on any atom is 1.00 e. The first-order chi connectivity index (χ1) is 4.75. The molecule has 0 saturated carbocycles. The van der Waals surface area contributed by atoms with E-state index >= 15 is 0 Å². The van der Waals surface area contributed by atoms with Gasteiger partial charge in [-0.05, 0) is 22.5 Å². The Balaban J connectivity index is 0.000001000. The van der Waals surface area contributed by atoms with Crippen LogP contribution in [0.4, 0.5) is 0 Å². The summed E-state index contributed by atoms with van der Waals surface area (Å²) in [5, 5.41) is 1.67. The first kappa shape index (κ1) is 11.6. The van der Waals surface area contributed by atoms with E-state index in [4.69, 9.17) is 4.74 Å². The first-order valence-electron chi connectivity index (χ1n) is 2.46. The summed E-state index contributed by atoms with van der Waals surface area (Å²) in [6, 6.07) is 1.62. The molecule has 1 unspecified atom stereocenters. The van der Waals surface area contributed by atoms with Gasteiger partial charge in [0.1, 0.15) is 9.96 Å². The van der Waals surface area contributed by atoms with Gasteiger partial charge in [-0.3, -0.25) is 4.21 Å². The maximum atomic E-state index is 10.4. The molecule has 0 aliphatic heterocycles. The molecule has 0 aliphatic carbocycles. The van der Waals surface area contributed by atoms with Crippen LogP contribution in [0.1, 0.15) is 0 Å². The Labute approximate surface area is 93.3 Å². The van der Waals surface area contributed by atoms with Gasteiger partial charge in [0.2, 0.25) is 0 Å². The zero-order valence-electron chi connectivity index (χ0n) is 6.20. The topological polar surface area (TPSA) is 49.4 Å². The third-order valence-electron chi connectivity index (χ3n) is 0.967. The Morgan fingerprint density at radius 3 is 2.73 bits per heavy atom. The van der Waals surface area contributed by atoms with Crippen LogP contribution in [0.3, 0.4) is 0 Å². The van der Waals surface area contributed by atoms with E-state index < -0.39 is 11.1 Å². The molecule has 6 heteroatoms. The standard InChI is InChI=1S/C5H6O3S2.Na/c1-8-4-2-3-9-5(4)10(6)7;/h2-3H,1H3,(H,6,7);/q;+1/p-1. The molecule has 0 bridgehead atoms. The Hall–Kier alpha value is 0.610. The van der Waals surface area contributed by atoms with E-state index in [2.05, 4.69) is 0 Å². The number of thiophene rings is 1. The van der Waals surface area contributed by atoms with Crippen molar-refractivity contribution in [2.45, 2.75) is 4.21 Å². The number of rotatable bonds is 2. The Bertz CT molecular complexity index is 248. The van der Waals surface area contributed by atoms with Crippen molar-refractivity contribution < 1.29 is 43.1 Å². The predicted molar refractivity (Wildman–Crippen MR) is 38.1 cm³/mol. The van der Waals surface area contributed by atoms with Crippen LogP contribution in [-0.4, -0.2) is 15.9 Å². The maximum absolute atomic E-state index is 10.4. The summed E-state index contributed by atoms with van der Waals surface area (Å²) in [5.74, 6) is 0.415. The molecule has 1 atom stereocenters. The van der Waals surface area contributed by atoms with Crippen LogP contribution in [0.25, 0.3) is 0 Å². The van der Waals surface area contributed by atoms with Crippen molar-refractivity contribution in [1.82, 2.24) is 0 Å². The summed E-state index contributed by atoms with van der Waals surface area (Å²) >= 11 is -1.02. The number of ether oxygens (including phenoxy) is 1. The second-order valence-electron chi connectivity index (χ2n) is 1.51. The molecule has 0 spiro atoms. The molecule has 0 saturated heterocycles. The minimum atomic E-state index is -2.17. The largest absolute Gasteiger partial charge is 1.00 e. The molecule has 0 aromatic carbocycles. The average Bonchev–Trinajstić information content (AvgIpc) is 2.33. The molecule has 11 heavy (non-hydrogen) atoms. The average molecular weight is 200 g/mol. The van der Waals surface area contributed by atoms with Gasteiger partial charge in [-0.25, -0.2) is 0 Å². The van der Waals surface area contributed by atoms with Gasteiger partial charge in [-0.15, -0.1) is 11.3 Å². The number of hydrogen-bond donors (Lipinski definition) is 0. The summed E-state index contributed by atoms with van der Waals surface area (Å²) in [6.07, 6.45) is 0. The Morgan fingerprint density at radius 1 is 1.73 bits per heavy atom. The zero-order chi connectivity index (χ0) is 7.56. The SMILES string of the molecule is COc1ccsc1S(=O)[O-].[Na+]. The Morgan fingerprint density at radius 2 is 2.36 bits per heavy atom. The van der Waals surface area contributed by atoms with E-state index in [9.17, 15) is 8.76 Å². The van der Waals surface area contributed by atoms with Crippen molar-refractivity contribution in [2.75, 3.05) is 7.11 Å². The molecule has 0 amide bonds. The second-order valence-corrected chi connectivity index (χ2v) is 3.56. The van der Waals surface area contributed by atoms with Gasteiger partial charge in [0, 0.05) is 0 Å². The minimum Gasteiger partial charge on any atom is -0.768 e. The molecular formula is C5H5NaO3S2. The molecule has 1 rings (SSSR count). The van der Waals surface area contributed by atoms with Crippen LogP contribution in [0, 0.1) is 0 Å². The van der Waals surface area contributed by atoms with Crippen molar-refractivity contribution in [3.63, 3.8) is 0 Å². The minimum absolute atomic E-state index is 0. The molecule has 0 radical (unpaired) electrons. The molecule has 1 heterocycles. The zero-order valence-corrected chi connectivity index (χ0v) is 9.83. The van der Waals surface area contributed by atoms with Crippen LogP contribution >= 0.6 is 11.3 Å². The molecule has 0 aliphatic rings. The molecule has 1 aromatic heterocycles. The molecule has 3 nitrogen and oxygen atoms in total. The third-order valence-corrected chi connectivity index (χ3v) is 2.86. The third kappa shape index (κ3) is 2.85. The normalized spacial score (nSPS) is 11.8. The van der Waals surface area contributed by atoms with Crippen molar-refractivity contribution in [2.24, 2.45) is 0 Å². The molecule has 56 valence electrons. The smallest absolute Gasteiger partial charge is 0.768 e. The fourth-order valence-electron chi connectivity index (χ4n) is 0.557.